The first-order chi connectivity index (χ1) is 16.5. The third kappa shape index (κ3) is 6.92. The number of benzene rings is 1. The molecule has 3 heterocycles. The van der Waals surface area contributed by atoms with Crippen molar-refractivity contribution in [3.8, 4) is 5.75 Å². The number of pyridine rings is 1. The molecule has 1 unspecified atom stereocenters. The van der Waals surface area contributed by atoms with Crippen molar-refractivity contribution in [1.29, 1.82) is 0 Å². The van der Waals surface area contributed by atoms with Gasteiger partial charge in [0, 0.05) is 24.5 Å². The van der Waals surface area contributed by atoms with Gasteiger partial charge in [0.25, 0.3) is 11.8 Å². The Labute approximate surface area is 198 Å². The number of likely N-dealkylation sites (tertiary alicyclic amines) is 1. The minimum atomic E-state index is -5.08. The summed E-state index contributed by atoms with van der Waals surface area (Å²) in [5, 5.41) is 19.6. The van der Waals surface area contributed by atoms with Crippen LogP contribution in [0.2, 0.25) is 0 Å². The molecule has 3 N–H and O–H groups in total. The van der Waals surface area contributed by atoms with Crippen LogP contribution in [0.4, 0.5) is 13.2 Å². The Bertz CT molecular complexity index is 1050. The van der Waals surface area contributed by atoms with E-state index in [1.165, 1.54) is 6.07 Å². The largest absolute Gasteiger partial charge is 0.508 e. The molecule has 2 aliphatic rings. The molecule has 35 heavy (non-hydrogen) atoms. The van der Waals surface area contributed by atoms with Gasteiger partial charge in [-0.2, -0.15) is 13.2 Å². The molecular formula is C23H24F3N3O6. The third-order valence-electron chi connectivity index (χ3n) is 5.69. The van der Waals surface area contributed by atoms with Gasteiger partial charge in [-0.25, -0.2) is 4.79 Å². The smallest absolute Gasteiger partial charge is 0.490 e. The maximum atomic E-state index is 12.5. The molecule has 1 atom stereocenters. The second-order valence-electron chi connectivity index (χ2n) is 8.36. The molecular weight excluding hydrogens is 471 g/mol. The molecule has 2 aliphatic heterocycles. The van der Waals surface area contributed by atoms with E-state index >= 15 is 0 Å². The van der Waals surface area contributed by atoms with Crippen molar-refractivity contribution in [3.05, 3.63) is 59.9 Å². The fourth-order valence-corrected chi connectivity index (χ4v) is 3.78. The van der Waals surface area contributed by atoms with Gasteiger partial charge in [0.1, 0.15) is 11.4 Å². The number of phenols is 1. The second-order valence-corrected chi connectivity index (χ2v) is 8.36. The summed E-state index contributed by atoms with van der Waals surface area (Å²) in [6.07, 6.45) is -0.0851. The number of aromatic hydroxyl groups is 1. The molecule has 1 aromatic carbocycles. The molecule has 2 amide bonds. The van der Waals surface area contributed by atoms with Gasteiger partial charge in [-0.1, -0.05) is 6.07 Å². The Hall–Kier alpha value is -3.67. The summed E-state index contributed by atoms with van der Waals surface area (Å²) < 4.78 is 37.8. The van der Waals surface area contributed by atoms with Gasteiger partial charge in [-0.15, -0.1) is 0 Å². The fraction of sp³-hybridized carbons (Fsp3) is 0.391. The highest BCUT2D eigenvalue weighted by molar-refractivity contribution is 5.95. The lowest BCUT2D eigenvalue weighted by Gasteiger charge is -2.52. The normalized spacial score (nSPS) is 18.6. The molecule has 188 valence electrons. The van der Waals surface area contributed by atoms with Gasteiger partial charge in [0.05, 0.1) is 25.3 Å². The van der Waals surface area contributed by atoms with Crippen LogP contribution in [0, 0.1) is 5.92 Å². The van der Waals surface area contributed by atoms with Crippen LogP contribution in [-0.4, -0.2) is 75.9 Å². The van der Waals surface area contributed by atoms with Crippen molar-refractivity contribution < 1.29 is 42.5 Å². The molecule has 0 bridgehead atoms. The predicted octanol–water partition coefficient (Wildman–Crippen LogP) is 2.47. The van der Waals surface area contributed by atoms with E-state index in [4.69, 9.17) is 14.6 Å². The number of amides is 2. The van der Waals surface area contributed by atoms with E-state index in [-0.39, 0.29) is 29.1 Å². The Kier molecular flexibility index (Phi) is 7.95. The molecule has 1 aromatic heterocycles. The highest BCUT2D eigenvalue weighted by atomic mass is 19.4. The number of rotatable bonds is 4. The topological polar surface area (TPSA) is 129 Å². The summed E-state index contributed by atoms with van der Waals surface area (Å²) in [5.74, 6) is -2.61. The van der Waals surface area contributed by atoms with Gasteiger partial charge in [-0.05, 0) is 49.1 Å². The Balaban J connectivity index is 0.000000429. The predicted molar refractivity (Wildman–Crippen MR) is 116 cm³/mol. The van der Waals surface area contributed by atoms with Crippen LogP contribution >= 0.6 is 0 Å². The number of halogens is 3. The van der Waals surface area contributed by atoms with Gasteiger partial charge < -0.3 is 25.2 Å². The first-order valence-corrected chi connectivity index (χ1v) is 10.7. The summed E-state index contributed by atoms with van der Waals surface area (Å²) in [6, 6.07) is 9.88. The molecule has 2 aromatic rings. The second kappa shape index (κ2) is 10.7. The first-order valence-electron chi connectivity index (χ1n) is 10.7. The average molecular weight is 495 g/mol. The van der Waals surface area contributed by atoms with Gasteiger partial charge in [0.2, 0.25) is 0 Å². The zero-order chi connectivity index (χ0) is 25.6. The molecule has 9 nitrogen and oxygen atoms in total. The average Bonchev–Trinajstić information content (AvgIpc) is 2.81. The van der Waals surface area contributed by atoms with E-state index in [0.717, 1.165) is 12.8 Å². The van der Waals surface area contributed by atoms with Crippen LogP contribution < -0.4 is 5.32 Å². The molecule has 12 heteroatoms. The number of hydrogen-bond donors (Lipinski definition) is 3. The van der Waals surface area contributed by atoms with Gasteiger partial charge >= 0.3 is 12.1 Å². The lowest BCUT2D eigenvalue weighted by Crippen LogP contribution is -2.66. The number of ether oxygens (including phenoxy) is 1. The number of nitrogens with zero attached hydrogens (tertiary/aromatic N) is 2. The molecule has 4 rings (SSSR count). The number of carbonyl (C=O) groups excluding carboxylic acids is 2. The fourth-order valence-electron chi connectivity index (χ4n) is 3.78. The summed E-state index contributed by atoms with van der Waals surface area (Å²) in [6.45, 7) is 2.27. The van der Waals surface area contributed by atoms with E-state index in [0.29, 0.717) is 37.4 Å². The van der Waals surface area contributed by atoms with Crippen molar-refractivity contribution in [3.63, 3.8) is 0 Å². The molecule has 0 radical (unpaired) electrons. The highest BCUT2D eigenvalue weighted by Crippen LogP contribution is 2.36. The number of aliphatic carboxylic acids is 1. The minimum absolute atomic E-state index is 0.0871. The van der Waals surface area contributed by atoms with E-state index in [2.05, 4.69) is 10.3 Å². The van der Waals surface area contributed by atoms with Crippen molar-refractivity contribution in [2.75, 3.05) is 26.2 Å². The Morgan fingerprint density at radius 3 is 2.40 bits per heavy atom. The number of aromatic nitrogens is 1. The van der Waals surface area contributed by atoms with Crippen molar-refractivity contribution in [1.82, 2.24) is 15.2 Å². The number of carboxylic acid groups (broad SMARTS) is 1. The number of hydrogen-bond acceptors (Lipinski definition) is 6. The number of phenolic OH excluding ortho intramolecular Hbond substituents is 1. The summed E-state index contributed by atoms with van der Waals surface area (Å²) in [7, 11) is 0. The summed E-state index contributed by atoms with van der Waals surface area (Å²) in [5.41, 5.74) is 0.772. The highest BCUT2D eigenvalue weighted by Gasteiger charge is 2.48. The van der Waals surface area contributed by atoms with E-state index < -0.39 is 12.1 Å². The molecule has 2 fully saturated rings. The number of alkyl halides is 3. The van der Waals surface area contributed by atoms with Crippen LogP contribution in [0.5, 0.6) is 5.75 Å². The van der Waals surface area contributed by atoms with Crippen molar-refractivity contribution in [2.24, 2.45) is 5.92 Å². The molecule has 2 saturated heterocycles. The van der Waals surface area contributed by atoms with Crippen molar-refractivity contribution in [2.45, 2.75) is 24.6 Å². The van der Waals surface area contributed by atoms with E-state index in [1.54, 1.807) is 47.6 Å². The lowest BCUT2D eigenvalue weighted by molar-refractivity contribution is -0.192. The van der Waals surface area contributed by atoms with Gasteiger partial charge in [0.15, 0.2) is 0 Å². The van der Waals surface area contributed by atoms with Crippen molar-refractivity contribution >= 4 is 17.8 Å². The standard InChI is InChI=1S/C21H23N3O4.C2HF3O2/c25-18-5-1-3-16(9-18)20(27)24-13-21(14-24)7-6-15(12-28-21)10-23-19(26)17-4-2-8-22-11-17;3-2(4,5)1(6)7/h1-5,8-9,11,15,25H,6-7,10,12-14H2,(H,23,26);(H,6,7). The quantitative estimate of drug-likeness (QED) is 0.594. The monoisotopic (exact) mass is 495 g/mol. The van der Waals surface area contributed by atoms with E-state index in [9.17, 15) is 27.9 Å². The molecule has 0 saturated carbocycles. The number of carbonyl (C=O) groups is 3. The zero-order valence-electron chi connectivity index (χ0n) is 18.5. The third-order valence-corrected chi connectivity index (χ3v) is 5.69. The summed E-state index contributed by atoms with van der Waals surface area (Å²) >= 11 is 0. The number of carboxylic acids is 1. The van der Waals surface area contributed by atoms with Gasteiger partial charge in [-0.3, -0.25) is 14.6 Å². The van der Waals surface area contributed by atoms with Crippen LogP contribution in [-0.2, 0) is 9.53 Å². The maximum Gasteiger partial charge on any atom is 0.490 e. The first kappa shape index (κ1) is 25.9. The Morgan fingerprint density at radius 1 is 1.17 bits per heavy atom. The van der Waals surface area contributed by atoms with Crippen LogP contribution in [0.25, 0.3) is 0 Å². The molecule has 0 aliphatic carbocycles. The summed E-state index contributed by atoms with van der Waals surface area (Å²) in [4.78, 5) is 39.2. The number of nitrogens with one attached hydrogen (secondary N) is 1. The maximum absolute atomic E-state index is 12.5. The lowest BCUT2D eigenvalue weighted by atomic mass is 9.82. The minimum Gasteiger partial charge on any atom is -0.508 e. The van der Waals surface area contributed by atoms with E-state index in [1.807, 2.05) is 0 Å². The van der Waals surface area contributed by atoms with Crippen LogP contribution in [0.3, 0.4) is 0 Å². The zero-order valence-corrected chi connectivity index (χ0v) is 18.5. The molecule has 1 spiro atoms. The Morgan fingerprint density at radius 2 is 1.86 bits per heavy atom. The SMILES string of the molecule is O=C(NCC1CCC2(CN(C(=O)c3cccc(O)c3)C2)OC1)c1cccnc1.O=C(O)C(F)(F)F. The van der Waals surface area contributed by atoms with Crippen LogP contribution in [0.15, 0.2) is 48.8 Å². The van der Waals surface area contributed by atoms with Crippen LogP contribution in [0.1, 0.15) is 33.6 Å².